The van der Waals surface area contributed by atoms with Gasteiger partial charge in [-0.2, -0.15) is 0 Å². The number of ether oxygens (including phenoxy) is 1. The first-order valence-electron chi connectivity index (χ1n) is 8.84. The molecular weight excluding hydrogens is 314 g/mol. The maximum absolute atomic E-state index is 5.08. The van der Waals surface area contributed by atoms with Gasteiger partial charge in [0.1, 0.15) is 17.5 Å². The minimum atomic E-state index is 0.663. The van der Waals surface area contributed by atoms with Crippen molar-refractivity contribution in [3.63, 3.8) is 0 Å². The van der Waals surface area contributed by atoms with Crippen molar-refractivity contribution in [2.45, 2.75) is 13.5 Å². The lowest BCUT2D eigenvalue weighted by Crippen LogP contribution is -2.46. The minimum Gasteiger partial charge on any atom is -0.383 e. The summed E-state index contributed by atoms with van der Waals surface area (Å²) in [6.07, 6.45) is 0. The zero-order valence-corrected chi connectivity index (χ0v) is 15.1. The van der Waals surface area contributed by atoms with Gasteiger partial charge in [-0.1, -0.05) is 30.3 Å². The number of hydrogen-bond donors (Lipinski definition) is 1. The quantitative estimate of drug-likeness (QED) is 0.779. The molecule has 0 radical (unpaired) electrons. The number of rotatable bonds is 7. The molecule has 2 aromatic rings. The second-order valence-electron chi connectivity index (χ2n) is 6.33. The predicted octanol–water partition coefficient (Wildman–Crippen LogP) is 2.17. The van der Waals surface area contributed by atoms with E-state index < -0.39 is 0 Å². The van der Waals surface area contributed by atoms with Gasteiger partial charge in [-0.05, 0) is 12.5 Å². The lowest BCUT2D eigenvalue weighted by molar-refractivity contribution is 0.210. The molecule has 25 heavy (non-hydrogen) atoms. The molecule has 1 fully saturated rings. The van der Waals surface area contributed by atoms with Crippen LogP contribution < -0.4 is 10.2 Å². The molecule has 6 heteroatoms. The highest BCUT2D eigenvalue weighted by Crippen LogP contribution is 2.18. The number of nitrogens with one attached hydrogen (secondary N) is 1. The van der Waals surface area contributed by atoms with Crippen molar-refractivity contribution < 1.29 is 4.74 Å². The largest absolute Gasteiger partial charge is 0.383 e. The van der Waals surface area contributed by atoms with E-state index in [0.717, 1.165) is 56.7 Å². The van der Waals surface area contributed by atoms with E-state index in [1.165, 1.54) is 5.56 Å². The number of piperazine rings is 1. The van der Waals surface area contributed by atoms with E-state index in [4.69, 9.17) is 4.74 Å². The van der Waals surface area contributed by atoms with E-state index in [1.807, 2.05) is 13.0 Å². The summed E-state index contributed by atoms with van der Waals surface area (Å²) in [5, 5.41) is 3.29. The first kappa shape index (κ1) is 17.6. The first-order valence-corrected chi connectivity index (χ1v) is 8.84. The minimum absolute atomic E-state index is 0.663. The predicted molar refractivity (Wildman–Crippen MR) is 101 cm³/mol. The van der Waals surface area contributed by atoms with Crippen LogP contribution in [0.2, 0.25) is 0 Å². The van der Waals surface area contributed by atoms with Crippen molar-refractivity contribution in [3.8, 4) is 0 Å². The Kier molecular flexibility index (Phi) is 6.19. The normalized spacial score (nSPS) is 15.4. The number of hydrogen-bond acceptors (Lipinski definition) is 6. The number of aryl methyl sites for hydroxylation is 1. The van der Waals surface area contributed by atoms with E-state index >= 15 is 0 Å². The van der Waals surface area contributed by atoms with Gasteiger partial charge in [0.2, 0.25) is 0 Å². The second-order valence-corrected chi connectivity index (χ2v) is 6.33. The van der Waals surface area contributed by atoms with Crippen molar-refractivity contribution >= 4 is 11.6 Å². The molecule has 1 N–H and O–H groups in total. The number of anilines is 2. The Hall–Kier alpha value is -2.18. The van der Waals surface area contributed by atoms with Gasteiger partial charge in [0.25, 0.3) is 0 Å². The van der Waals surface area contributed by atoms with Gasteiger partial charge in [-0.25, -0.2) is 9.97 Å². The highest BCUT2D eigenvalue weighted by atomic mass is 16.5. The average Bonchev–Trinajstić information content (AvgIpc) is 2.63. The number of aromatic nitrogens is 2. The number of methoxy groups -OCH3 is 1. The molecule has 0 saturated carbocycles. The van der Waals surface area contributed by atoms with Crippen molar-refractivity contribution in [2.24, 2.45) is 0 Å². The van der Waals surface area contributed by atoms with Crippen molar-refractivity contribution in [1.29, 1.82) is 0 Å². The van der Waals surface area contributed by atoms with Crippen LogP contribution in [0.25, 0.3) is 0 Å². The number of nitrogens with zero attached hydrogens (tertiary/aromatic N) is 4. The third kappa shape index (κ3) is 5.14. The van der Waals surface area contributed by atoms with Crippen LogP contribution in [0.5, 0.6) is 0 Å². The van der Waals surface area contributed by atoms with Gasteiger partial charge in [0, 0.05) is 52.4 Å². The first-order chi connectivity index (χ1) is 12.2. The third-order valence-electron chi connectivity index (χ3n) is 4.38. The molecule has 1 aliphatic heterocycles. The van der Waals surface area contributed by atoms with Crippen LogP contribution in [0, 0.1) is 6.92 Å². The van der Waals surface area contributed by atoms with Gasteiger partial charge >= 0.3 is 0 Å². The SMILES string of the molecule is COCCNc1cc(N2CCN(Cc3ccccc3)CC2)nc(C)n1. The summed E-state index contributed by atoms with van der Waals surface area (Å²) in [5.74, 6) is 2.67. The molecule has 1 saturated heterocycles. The molecule has 0 amide bonds. The fourth-order valence-corrected chi connectivity index (χ4v) is 3.06. The molecule has 1 aromatic heterocycles. The Labute approximate surface area is 149 Å². The smallest absolute Gasteiger partial charge is 0.134 e. The van der Waals surface area contributed by atoms with Crippen molar-refractivity contribution in [1.82, 2.24) is 14.9 Å². The van der Waals surface area contributed by atoms with Crippen LogP contribution in [0.1, 0.15) is 11.4 Å². The molecule has 134 valence electrons. The molecule has 0 atom stereocenters. The Balaban J connectivity index is 1.57. The summed E-state index contributed by atoms with van der Waals surface area (Å²) in [4.78, 5) is 13.9. The molecule has 3 rings (SSSR count). The Morgan fingerprint density at radius 1 is 1.08 bits per heavy atom. The van der Waals surface area contributed by atoms with Crippen molar-refractivity contribution in [3.05, 3.63) is 47.8 Å². The number of benzene rings is 1. The molecule has 0 unspecified atom stereocenters. The molecule has 2 heterocycles. The van der Waals surface area contributed by atoms with Crippen LogP contribution >= 0.6 is 0 Å². The average molecular weight is 341 g/mol. The molecular formula is C19H27N5O. The van der Waals surface area contributed by atoms with Crippen LogP contribution in [0.4, 0.5) is 11.6 Å². The van der Waals surface area contributed by atoms with Gasteiger partial charge in [-0.15, -0.1) is 0 Å². The van der Waals surface area contributed by atoms with E-state index in [2.05, 4.69) is 55.4 Å². The summed E-state index contributed by atoms with van der Waals surface area (Å²) in [5.41, 5.74) is 1.37. The van der Waals surface area contributed by atoms with Gasteiger partial charge in [-0.3, -0.25) is 4.90 Å². The molecule has 6 nitrogen and oxygen atoms in total. The fourth-order valence-electron chi connectivity index (χ4n) is 3.06. The van der Waals surface area contributed by atoms with E-state index in [9.17, 15) is 0 Å². The molecule has 0 spiro atoms. The summed E-state index contributed by atoms with van der Waals surface area (Å²) in [6.45, 7) is 8.43. The van der Waals surface area contributed by atoms with Crippen molar-refractivity contribution in [2.75, 3.05) is 56.7 Å². The standard InChI is InChI=1S/C19H27N5O/c1-16-21-18(20-8-13-25-2)14-19(22-16)24-11-9-23(10-12-24)15-17-6-4-3-5-7-17/h3-7,14H,8-13,15H2,1-2H3,(H,20,21,22). The summed E-state index contributed by atoms with van der Waals surface area (Å²) in [7, 11) is 1.70. The second kappa shape index (κ2) is 8.78. The Bertz CT molecular complexity index is 656. The Morgan fingerprint density at radius 2 is 1.84 bits per heavy atom. The van der Waals surface area contributed by atoms with E-state index in [1.54, 1.807) is 7.11 Å². The zero-order chi connectivity index (χ0) is 17.5. The van der Waals surface area contributed by atoms with Gasteiger partial charge in [0.05, 0.1) is 6.61 Å². The van der Waals surface area contributed by atoms with Gasteiger partial charge in [0.15, 0.2) is 0 Å². The van der Waals surface area contributed by atoms with E-state index in [0.29, 0.717) is 6.61 Å². The molecule has 0 bridgehead atoms. The molecule has 1 aromatic carbocycles. The lowest BCUT2D eigenvalue weighted by atomic mass is 10.2. The van der Waals surface area contributed by atoms with E-state index in [-0.39, 0.29) is 0 Å². The molecule has 1 aliphatic rings. The maximum Gasteiger partial charge on any atom is 0.134 e. The highest BCUT2D eigenvalue weighted by molar-refractivity contribution is 5.49. The summed E-state index contributed by atoms with van der Waals surface area (Å²) in [6, 6.07) is 12.7. The monoisotopic (exact) mass is 341 g/mol. The zero-order valence-electron chi connectivity index (χ0n) is 15.1. The topological polar surface area (TPSA) is 53.5 Å². The highest BCUT2D eigenvalue weighted by Gasteiger charge is 2.19. The van der Waals surface area contributed by atoms with Crippen LogP contribution in [-0.4, -0.2) is 61.3 Å². The molecule has 0 aliphatic carbocycles. The van der Waals surface area contributed by atoms with Crippen LogP contribution in [0.3, 0.4) is 0 Å². The summed E-state index contributed by atoms with van der Waals surface area (Å²) < 4.78 is 5.08. The third-order valence-corrected chi connectivity index (χ3v) is 4.38. The Morgan fingerprint density at radius 3 is 2.56 bits per heavy atom. The van der Waals surface area contributed by atoms with Gasteiger partial charge < -0.3 is 15.0 Å². The fraction of sp³-hybridized carbons (Fsp3) is 0.474. The lowest BCUT2D eigenvalue weighted by Gasteiger charge is -2.35. The summed E-state index contributed by atoms with van der Waals surface area (Å²) >= 11 is 0. The van der Waals surface area contributed by atoms with Crippen LogP contribution in [0.15, 0.2) is 36.4 Å². The van der Waals surface area contributed by atoms with Crippen LogP contribution in [-0.2, 0) is 11.3 Å². The maximum atomic E-state index is 5.08.